The second kappa shape index (κ2) is 25.2. The van der Waals surface area contributed by atoms with Crippen molar-refractivity contribution in [1.29, 1.82) is 0 Å². The Balaban J connectivity index is -0.00000000750. The van der Waals surface area contributed by atoms with E-state index < -0.39 is 11.4 Å². The van der Waals surface area contributed by atoms with E-state index in [9.17, 15) is 0 Å². The van der Waals surface area contributed by atoms with E-state index in [-0.39, 0.29) is 39.5 Å². The number of hydrogen-bond donors (Lipinski definition) is 2. The molecule has 0 aliphatic rings. The van der Waals surface area contributed by atoms with Crippen molar-refractivity contribution in [2.75, 3.05) is 0 Å². The van der Waals surface area contributed by atoms with Gasteiger partial charge in [-0.05, 0) is 0 Å². The van der Waals surface area contributed by atoms with Crippen molar-refractivity contribution in [3.05, 3.63) is 0 Å². The highest BCUT2D eigenvalue weighted by molar-refractivity contribution is 7.73. The molecule has 0 bridgehead atoms. The van der Waals surface area contributed by atoms with Gasteiger partial charge in [-0.3, -0.25) is 9.11 Å². The van der Waals surface area contributed by atoms with E-state index in [0.29, 0.717) is 0 Å². The van der Waals surface area contributed by atoms with Crippen molar-refractivity contribution in [3.63, 3.8) is 0 Å². The summed E-state index contributed by atoms with van der Waals surface area (Å²) in [6.45, 7) is 0. The first kappa shape index (κ1) is 37.6. The number of hydrogen-bond acceptors (Lipinski definition) is 1. The Morgan fingerprint density at radius 2 is 1.00 bits per heavy atom. The molecule has 54 valence electrons. The fraction of sp³-hybridized carbons (Fsp3) is 0. The molecule has 0 aromatic rings. The van der Waals surface area contributed by atoms with Crippen LogP contribution in [0.3, 0.4) is 0 Å². The van der Waals surface area contributed by atoms with E-state index in [4.69, 9.17) is 13.3 Å². The SMILES string of the molecule is O.O.O.O=S(O)O.[MgH2]. The van der Waals surface area contributed by atoms with Crippen molar-refractivity contribution >= 4 is 34.4 Å². The van der Waals surface area contributed by atoms with Crippen molar-refractivity contribution in [1.82, 2.24) is 0 Å². The van der Waals surface area contributed by atoms with Crippen LogP contribution in [0.1, 0.15) is 0 Å². The molecular formula is H10MgO6S. The molecule has 0 saturated carbocycles. The molecule has 0 unspecified atom stereocenters. The van der Waals surface area contributed by atoms with Crippen molar-refractivity contribution in [2.45, 2.75) is 0 Å². The first-order chi connectivity index (χ1) is 1.73. The summed E-state index contributed by atoms with van der Waals surface area (Å²) in [5.74, 6) is 0. The van der Waals surface area contributed by atoms with Gasteiger partial charge in [0.15, 0.2) is 0 Å². The summed E-state index contributed by atoms with van der Waals surface area (Å²) in [4.78, 5) is 0. The third-order valence-electron chi connectivity index (χ3n) is 0. The third-order valence-corrected chi connectivity index (χ3v) is 0. The van der Waals surface area contributed by atoms with Gasteiger partial charge in [-0.1, -0.05) is 0 Å². The topological polar surface area (TPSA) is 152 Å². The minimum absolute atomic E-state index is 0. The van der Waals surface area contributed by atoms with Gasteiger partial charge in [-0.25, -0.2) is 0 Å². The van der Waals surface area contributed by atoms with Crippen LogP contribution < -0.4 is 0 Å². The predicted octanol–water partition coefficient (Wildman–Crippen LogP) is -3.71. The van der Waals surface area contributed by atoms with Gasteiger partial charge in [0.1, 0.15) is 0 Å². The molecule has 0 atom stereocenters. The van der Waals surface area contributed by atoms with Crippen molar-refractivity contribution in [2.24, 2.45) is 0 Å². The Labute approximate surface area is 64.5 Å². The smallest absolute Gasteiger partial charge is 0.316 e. The summed E-state index contributed by atoms with van der Waals surface area (Å²) >= 11 is -2.61. The van der Waals surface area contributed by atoms with E-state index in [0.717, 1.165) is 0 Å². The zero-order valence-electron chi connectivity index (χ0n) is 3.21. The lowest BCUT2D eigenvalue weighted by atomic mass is 15.8. The quantitative estimate of drug-likeness (QED) is 0.278. The second-order valence-corrected chi connectivity index (χ2v) is 0.692. The van der Waals surface area contributed by atoms with Crippen LogP contribution in [0.25, 0.3) is 0 Å². The molecule has 0 aromatic carbocycles. The van der Waals surface area contributed by atoms with E-state index in [2.05, 4.69) is 0 Å². The minimum Gasteiger partial charge on any atom is -0.412 e. The molecule has 8 N–H and O–H groups in total. The van der Waals surface area contributed by atoms with Crippen LogP contribution in [0.4, 0.5) is 0 Å². The van der Waals surface area contributed by atoms with Crippen LogP contribution in [0.2, 0.25) is 0 Å². The maximum absolute atomic E-state index is 8.67. The predicted molar refractivity (Wildman–Crippen MR) is 32.8 cm³/mol. The monoisotopic (exact) mass is 162 g/mol. The van der Waals surface area contributed by atoms with Crippen molar-refractivity contribution in [3.8, 4) is 0 Å². The molecule has 6 nitrogen and oxygen atoms in total. The van der Waals surface area contributed by atoms with E-state index in [1.165, 1.54) is 0 Å². The zero-order valence-corrected chi connectivity index (χ0v) is 4.03. The Hall–Kier alpha value is 0.716. The van der Waals surface area contributed by atoms with Crippen LogP contribution in [0, 0.1) is 0 Å². The lowest BCUT2D eigenvalue weighted by molar-refractivity contribution is 0.454. The lowest BCUT2D eigenvalue weighted by Crippen LogP contribution is -1.74. The molecule has 8 heteroatoms. The molecule has 0 rings (SSSR count). The molecule has 0 aliphatic heterocycles. The normalized spacial score (nSPS) is 4.38. The number of rotatable bonds is 0. The fourth-order valence-electron chi connectivity index (χ4n) is 0. The molecular weight excluding hydrogens is 152 g/mol. The first-order valence-electron chi connectivity index (χ1n) is 0.532. The van der Waals surface area contributed by atoms with Gasteiger partial charge in [0.25, 0.3) is 11.4 Å². The molecule has 0 aromatic heterocycles. The van der Waals surface area contributed by atoms with Crippen molar-refractivity contribution < 1.29 is 29.7 Å². The first-order valence-corrected chi connectivity index (χ1v) is 1.60. The largest absolute Gasteiger partial charge is 0.412 e. The Kier molecular flexibility index (Phi) is 118. The summed E-state index contributed by atoms with van der Waals surface area (Å²) < 4.78 is 22.8. The van der Waals surface area contributed by atoms with Gasteiger partial charge < -0.3 is 16.4 Å². The highest BCUT2D eigenvalue weighted by atomic mass is 32.2. The van der Waals surface area contributed by atoms with Gasteiger partial charge >= 0.3 is 23.1 Å². The summed E-state index contributed by atoms with van der Waals surface area (Å²) in [6, 6.07) is 0. The Morgan fingerprint density at radius 1 is 1.00 bits per heavy atom. The van der Waals surface area contributed by atoms with Gasteiger partial charge in [0.2, 0.25) is 0 Å². The van der Waals surface area contributed by atoms with Crippen LogP contribution in [0.15, 0.2) is 0 Å². The standard InChI is InChI=1S/Mg.H2O3S.3H2O.2H/c;1-4(2)3;;;;;/h;(H2,1,2,3);3*1H2;;. The summed E-state index contributed by atoms with van der Waals surface area (Å²) in [5, 5.41) is 0. The average molecular weight is 162 g/mol. The molecule has 0 amide bonds. The highest BCUT2D eigenvalue weighted by Gasteiger charge is 1.62. The van der Waals surface area contributed by atoms with E-state index >= 15 is 0 Å². The molecule has 0 aliphatic carbocycles. The van der Waals surface area contributed by atoms with Crippen LogP contribution in [-0.4, -0.2) is 52.8 Å². The summed E-state index contributed by atoms with van der Waals surface area (Å²) in [5.41, 5.74) is 0. The van der Waals surface area contributed by atoms with Crippen LogP contribution in [-0.2, 0) is 11.4 Å². The van der Waals surface area contributed by atoms with Gasteiger partial charge in [-0.15, -0.1) is 0 Å². The molecule has 0 saturated heterocycles. The average Bonchev–Trinajstić information content (AvgIpc) is 0.811. The lowest BCUT2D eigenvalue weighted by Gasteiger charge is -1.59. The summed E-state index contributed by atoms with van der Waals surface area (Å²) in [7, 11) is 0. The molecule has 0 spiro atoms. The third kappa shape index (κ3) is 428. The Morgan fingerprint density at radius 3 is 1.00 bits per heavy atom. The molecule has 0 radical (unpaired) electrons. The van der Waals surface area contributed by atoms with Gasteiger partial charge in [0.05, 0.1) is 0 Å². The highest BCUT2D eigenvalue weighted by Crippen LogP contribution is 1.44. The second-order valence-electron chi connectivity index (χ2n) is 0.231. The fourth-order valence-corrected chi connectivity index (χ4v) is 0. The van der Waals surface area contributed by atoms with E-state index in [1.807, 2.05) is 0 Å². The van der Waals surface area contributed by atoms with Gasteiger partial charge in [-0.2, -0.15) is 4.21 Å². The molecule has 0 heterocycles. The van der Waals surface area contributed by atoms with E-state index in [1.54, 1.807) is 0 Å². The summed E-state index contributed by atoms with van der Waals surface area (Å²) in [6.07, 6.45) is 0. The Bertz CT molecular complexity index is 31.5. The maximum Gasteiger partial charge on any atom is 0.316 e. The van der Waals surface area contributed by atoms with Gasteiger partial charge in [0, 0.05) is 0 Å². The molecule has 0 fully saturated rings. The zero-order chi connectivity index (χ0) is 3.58. The maximum atomic E-state index is 8.67. The minimum atomic E-state index is -2.61. The molecule has 8 heavy (non-hydrogen) atoms. The van der Waals surface area contributed by atoms with Crippen LogP contribution in [0.5, 0.6) is 0 Å². The van der Waals surface area contributed by atoms with Crippen LogP contribution >= 0.6 is 0 Å².